The number of alkyl halides is 1. The highest BCUT2D eigenvalue weighted by atomic mass is 35.5. The van der Waals surface area contributed by atoms with Crippen molar-refractivity contribution in [1.82, 2.24) is 9.97 Å². The number of amidine groups is 1. The Balaban J connectivity index is 1.59. The second-order valence-corrected chi connectivity index (χ2v) is 11.3. The van der Waals surface area contributed by atoms with Crippen LogP contribution >= 0.6 is 11.6 Å². The van der Waals surface area contributed by atoms with Crippen LogP contribution in [0.3, 0.4) is 0 Å². The number of sulfone groups is 1. The molecule has 0 amide bonds. The zero-order chi connectivity index (χ0) is 23.6. The molecule has 11 heteroatoms. The van der Waals surface area contributed by atoms with Crippen molar-refractivity contribution in [2.24, 2.45) is 10.7 Å². The lowest BCUT2D eigenvalue weighted by atomic mass is 9.82. The molecule has 0 saturated heterocycles. The number of hydrogen-bond donors (Lipinski definition) is 2. The van der Waals surface area contributed by atoms with Gasteiger partial charge in [-0.3, -0.25) is 9.98 Å². The normalized spacial score (nSPS) is 25.5. The highest BCUT2D eigenvalue weighted by Gasteiger charge is 2.64. The lowest BCUT2D eigenvalue weighted by Gasteiger charge is -2.48. The molecule has 33 heavy (non-hydrogen) atoms. The number of hydrogen-bond acceptors (Lipinski definition) is 7. The third-order valence-electron chi connectivity index (χ3n) is 6.58. The first-order chi connectivity index (χ1) is 15.6. The molecule has 7 nitrogen and oxygen atoms in total. The van der Waals surface area contributed by atoms with Crippen molar-refractivity contribution in [1.29, 1.82) is 0 Å². The molecule has 0 unspecified atom stereocenters. The number of rotatable bonds is 3. The number of fused-ring (bicyclic) bond motifs is 1. The fraction of sp³-hybridized carbons (Fsp3) is 0.318. The fourth-order valence-electron chi connectivity index (χ4n) is 4.52. The molecule has 1 aromatic carbocycles. The molecular weight excluding hydrogens is 472 g/mol. The molecule has 2 atom stereocenters. The van der Waals surface area contributed by atoms with Crippen LogP contribution in [0, 0.1) is 5.82 Å². The summed E-state index contributed by atoms with van der Waals surface area (Å²) in [5.41, 5.74) is 2.22. The van der Waals surface area contributed by atoms with Crippen molar-refractivity contribution in [2.75, 3.05) is 5.32 Å². The van der Waals surface area contributed by atoms with Gasteiger partial charge in [0.05, 0.1) is 5.02 Å². The zero-order valence-electron chi connectivity index (χ0n) is 17.5. The van der Waals surface area contributed by atoms with E-state index in [0.717, 1.165) is 11.5 Å². The van der Waals surface area contributed by atoms with E-state index in [9.17, 15) is 12.8 Å². The Labute approximate surface area is 194 Å². The Morgan fingerprint density at radius 3 is 2.67 bits per heavy atom. The van der Waals surface area contributed by atoms with Crippen LogP contribution in [0.25, 0.3) is 10.9 Å². The second-order valence-electron chi connectivity index (χ2n) is 8.56. The van der Waals surface area contributed by atoms with Crippen LogP contribution < -0.4 is 11.1 Å². The summed E-state index contributed by atoms with van der Waals surface area (Å²) in [4.78, 5) is 12.8. The fourth-order valence-corrected chi connectivity index (χ4v) is 7.06. The zero-order valence-corrected chi connectivity index (χ0v) is 19.1. The molecule has 172 valence electrons. The van der Waals surface area contributed by atoms with E-state index in [1.54, 1.807) is 18.3 Å². The Morgan fingerprint density at radius 1 is 1.21 bits per heavy atom. The summed E-state index contributed by atoms with van der Waals surface area (Å²) in [6, 6.07) is 7.34. The summed E-state index contributed by atoms with van der Waals surface area (Å²) < 4.78 is 55.2. The van der Waals surface area contributed by atoms with Crippen molar-refractivity contribution < 1.29 is 17.2 Å². The minimum Gasteiger partial charge on any atom is -0.386 e. The summed E-state index contributed by atoms with van der Waals surface area (Å²) in [6.07, 6.45) is 4.08. The Morgan fingerprint density at radius 2 is 1.97 bits per heavy atom. The third kappa shape index (κ3) is 3.11. The van der Waals surface area contributed by atoms with Crippen LogP contribution in [0.5, 0.6) is 0 Å². The number of anilines is 2. The maximum Gasteiger partial charge on any atom is 0.230 e. The SMILES string of the molecule is C[C@]1(c2cc(Nc3nccc4cc(Cl)cnc34)ccc2F)N=C(N)C2(CCC2)S(=O)(=O)[C@@H]1F. The quantitative estimate of drug-likeness (QED) is 0.562. The van der Waals surface area contributed by atoms with Gasteiger partial charge in [0, 0.05) is 29.0 Å². The van der Waals surface area contributed by atoms with E-state index in [4.69, 9.17) is 17.3 Å². The molecule has 3 aromatic rings. The van der Waals surface area contributed by atoms with Crippen molar-refractivity contribution in [3.63, 3.8) is 0 Å². The first kappa shape index (κ1) is 22.0. The predicted octanol–water partition coefficient (Wildman–Crippen LogP) is 4.39. The standard InChI is InChI=1S/C22H20ClF2N5O2S/c1-21(19(25)33(31,32)22(6-2-7-22)20(26)30-21)15-10-14(3-4-16(15)24)29-18-17-12(5-8-27-18)9-13(23)11-28-17/h3-5,8-11,19H,2,6-7H2,1H3,(H2,26,30)(H,27,29)/t19-,21+/m0/s1. The number of aliphatic imine (C=N–C) groups is 1. The van der Waals surface area contributed by atoms with Crippen LogP contribution in [-0.4, -0.2) is 34.5 Å². The van der Waals surface area contributed by atoms with Crippen molar-refractivity contribution in [2.45, 2.75) is 42.0 Å². The highest BCUT2D eigenvalue weighted by molar-refractivity contribution is 7.94. The topological polar surface area (TPSA) is 110 Å². The maximum atomic E-state index is 15.6. The second kappa shape index (κ2) is 7.33. The number of nitrogens with zero attached hydrogens (tertiary/aromatic N) is 3. The number of nitrogens with two attached hydrogens (primary N) is 1. The third-order valence-corrected chi connectivity index (χ3v) is 9.50. The van der Waals surface area contributed by atoms with Gasteiger partial charge in [-0.1, -0.05) is 11.6 Å². The number of nitrogens with one attached hydrogen (secondary N) is 1. The average Bonchev–Trinajstić information content (AvgIpc) is 2.72. The summed E-state index contributed by atoms with van der Waals surface area (Å²) >= 11 is 6.00. The molecule has 3 N–H and O–H groups in total. The summed E-state index contributed by atoms with van der Waals surface area (Å²) in [6.45, 7) is 1.25. The first-order valence-electron chi connectivity index (χ1n) is 10.3. The highest BCUT2D eigenvalue weighted by Crippen LogP contribution is 2.51. The smallest absolute Gasteiger partial charge is 0.230 e. The van der Waals surface area contributed by atoms with E-state index < -0.39 is 31.4 Å². The van der Waals surface area contributed by atoms with Crippen LogP contribution in [0.4, 0.5) is 20.3 Å². The molecule has 1 fully saturated rings. The van der Waals surface area contributed by atoms with Gasteiger partial charge in [0.25, 0.3) is 0 Å². The summed E-state index contributed by atoms with van der Waals surface area (Å²) in [7, 11) is -4.34. The average molecular weight is 492 g/mol. The van der Waals surface area contributed by atoms with E-state index in [2.05, 4.69) is 20.3 Å². The minimum atomic E-state index is -4.34. The number of halogens is 3. The van der Waals surface area contributed by atoms with E-state index in [1.807, 2.05) is 0 Å². The van der Waals surface area contributed by atoms with Gasteiger partial charge in [0.1, 0.15) is 27.5 Å². The van der Waals surface area contributed by atoms with Gasteiger partial charge in [-0.05, 0) is 56.5 Å². The number of aromatic nitrogens is 2. The van der Waals surface area contributed by atoms with Crippen molar-refractivity contribution in [3.05, 3.63) is 59.1 Å². The molecule has 0 radical (unpaired) electrons. The van der Waals surface area contributed by atoms with Gasteiger partial charge in [0.15, 0.2) is 15.7 Å². The molecular formula is C22H20ClF2N5O2S. The largest absolute Gasteiger partial charge is 0.386 e. The molecule has 0 bridgehead atoms. The van der Waals surface area contributed by atoms with Crippen molar-refractivity contribution in [3.8, 4) is 0 Å². The van der Waals surface area contributed by atoms with Gasteiger partial charge in [-0.15, -0.1) is 0 Å². The molecule has 5 rings (SSSR count). The maximum absolute atomic E-state index is 15.6. The van der Waals surface area contributed by atoms with Gasteiger partial charge in [-0.2, -0.15) is 0 Å². The molecule has 2 aromatic heterocycles. The van der Waals surface area contributed by atoms with Crippen LogP contribution in [-0.2, 0) is 15.4 Å². The lowest BCUT2D eigenvalue weighted by Crippen LogP contribution is -2.64. The van der Waals surface area contributed by atoms with Gasteiger partial charge in [0.2, 0.25) is 5.50 Å². The van der Waals surface area contributed by atoms with Gasteiger partial charge < -0.3 is 11.1 Å². The van der Waals surface area contributed by atoms with Crippen LogP contribution in [0.1, 0.15) is 31.7 Å². The van der Waals surface area contributed by atoms with Crippen LogP contribution in [0.15, 0.2) is 47.7 Å². The minimum absolute atomic E-state index is 0.167. The van der Waals surface area contributed by atoms with E-state index in [-0.39, 0.29) is 24.2 Å². The van der Waals surface area contributed by atoms with E-state index in [0.29, 0.717) is 28.5 Å². The molecule has 1 aliphatic carbocycles. The van der Waals surface area contributed by atoms with E-state index in [1.165, 1.54) is 25.3 Å². The van der Waals surface area contributed by atoms with Crippen LogP contribution in [0.2, 0.25) is 5.02 Å². The number of benzene rings is 1. The molecule has 3 heterocycles. The predicted molar refractivity (Wildman–Crippen MR) is 124 cm³/mol. The molecule has 1 spiro atoms. The Bertz CT molecular complexity index is 1430. The lowest BCUT2D eigenvalue weighted by molar-refractivity contribution is 0.253. The summed E-state index contributed by atoms with van der Waals surface area (Å²) in [5, 5.41) is 4.24. The monoisotopic (exact) mass is 491 g/mol. The molecule has 2 aliphatic rings. The summed E-state index contributed by atoms with van der Waals surface area (Å²) in [5.74, 6) is -0.589. The molecule has 1 saturated carbocycles. The van der Waals surface area contributed by atoms with Gasteiger partial charge in [-0.25, -0.2) is 22.2 Å². The van der Waals surface area contributed by atoms with Crippen molar-refractivity contribution >= 4 is 49.7 Å². The first-order valence-corrected chi connectivity index (χ1v) is 12.2. The molecule has 1 aliphatic heterocycles. The Hall–Kier alpha value is -2.85. The van der Waals surface area contributed by atoms with Gasteiger partial charge >= 0.3 is 0 Å². The van der Waals surface area contributed by atoms with E-state index >= 15 is 4.39 Å². The Kier molecular flexibility index (Phi) is 4.88. The number of pyridine rings is 2.